The van der Waals surface area contributed by atoms with Crippen molar-refractivity contribution >= 4 is 17.3 Å². The molecule has 0 amide bonds. The number of anilines is 2. The Morgan fingerprint density at radius 2 is 1.62 bits per heavy atom. The molecule has 2 aromatic rings. The number of benzene rings is 2. The molecule has 4 nitrogen and oxygen atoms in total. The molecular weight excluding hydrogens is 285 g/mol. The number of esters is 1. The van der Waals surface area contributed by atoms with Crippen LogP contribution in [0.25, 0.3) is 0 Å². The Labute approximate surface area is 118 Å². The van der Waals surface area contributed by atoms with Gasteiger partial charge in [-0.3, -0.25) is 0 Å². The molecule has 0 aliphatic carbocycles. The summed E-state index contributed by atoms with van der Waals surface area (Å²) >= 11 is 0. The van der Waals surface area contributed by atoms with Gasteiger partial charge in [0, 0.05) is 11.4 Å². The van der Waals surface area contributed by atoms with Gasteiger partial charge in [0.2, 0.25) is 0 Å². The predicted molar refractivity (Wildman–Crippen MR) is 71.7 cm³/mol. The summed E-state index contributed by atoms with van der Waals surface area (Å²) in [5.41, 5.74) is 10.7. The zero-order chi connectivity index (χ0) is 15.6. The summed E-state index contributed by atoms with van der Waals surface area (Å²) in [5, 5.41) is 0. The summed E-state index contributed by atoms with van der Waals surface area (Å²) in [6.45, 7) is 0. The number of carbonyl (C=O) groups excluding carboxylic acids is 1. The second kappa shape index (κ2) is 5.35. The first-order chi connectivity index (χ1) is 9.75. The van der Waals surface area contributed by atoms with Crippen molar-refractivity contribution < 1.29 is 22.7 Å². The Balaban J connectivity index is 2.23. The fourth-order valence-corrected chi connectivity index (χ4v) is 1.70. The van der Waals surface area contributed by atoms with Gasteiger partial charge < -0.3 is 16.2 Å². The first kappa shape index (κ1) is 14.7. The van der Waals surface area contributed by atoms with Crippen molar-refractivity contribution in [1.82, 2.24) is 0 Å². The molecule has 0 aliphatic rings. The maximum atomic E-state index is 12.6. The average Bonchev–Trinajstić information content (AvgIpc) is 2.37. The maximum Gasteiger partial charge on any atom is 0.416 e. The van der Waals surface area contributed by atoms with Gasteiger partial charge in [-0.15, -0.1) is 0 Å². The van der Waals surface area contributed by atoms with E-state index in [1.165, 1.54) is 24.3 Å². The molecule has 0 saturated carbocycles. The molecule has 0 heterocycles. The number of halogens is 3. The SMILES string of the molecule is Nc1cc(N)cc(C(=O)Oc2cccc(C(F)(F)F)c2)c1. The van der Waals surface area contributed by atoms with Crippen LogP contribution in [0, 0.1) is 0 Å². The van der Waals surface area contributed by atoms with Crippen LogP contribution < -0.4 is 16.2 Å². The van der Waals surface area contributed by atoms with Gasteiger partial charge in [0.1, 0.15) is 5.75 Å². The van der Waals surface area contributed by atoms with Crippen molar-refractivity contribution in [2.24, 2.45) is 0 Å². The molecule has 110 valence electrons. The van der Waals surface area contributed by atoms with Crippen LogP contribution >= 0.6 is 0 Å². The van der Waals surface area contributed by atoms with Crippen LogP contribution in [0.2, 0.25) is 0 Å². The minimum Gasteiger partial charge on any atom is -0.423 e. The van der Waals surface area contributed by atoms with E-state index in [0.717, 1.165) is 18.2 Å². The lowest BCUT2D eigenvalue weighted by Gasteiger charge is -2.09. The summed E-state index contributed by atoms with van der Waals surface area (Å²) in [6.07, 6.45) is -4.51. The molecule has 0 aromatic heterocycles. The molecular formula is C14H11F3N2O2. The van der Waals surface area contributed by atoms with Crippen molar-refractivity contribution in [3.8, 4) is 5.75 Å². The van der Waals surface area contributed by atoms with E-state index >= 15 is 0 Å². The Morgan fingerprint density at radius 1 is 1.00 bits per heavy atom. The van der Waals surface area contributed by atoms with Crippen molar-refractivity contribution in [2.45, 2.75) is 6.18 Å². The molecule has 4 N–H and O–H groups in total. The van der Waals surface area contributed by atoms with Gasteiger partial charge in [-0.05, 0) is 36.4 Å². The predicted octanol–water partition coefficient (Wildman–Crippen LogP) is 3.09. The molecule has 2 aromatic carbocycles. The van der Waals surface area contributed by atoms with E-state index < -0.39 is 17.7 Å². The number of nitrogens with two attached hydrogens (primary N) is 2. The van der Waals surface area contributed by atoms with Crippen LogP contribution in [-0.2, 0) is 6.18 Å². The lowest BCUT2D eigenvalue weighted by atomic mass is 10.1. The van der Waals surface area contributed by atoms with Crippen LogP contribution in [0.3, 0.4) is 0 Å². The summed E-state index contributed by atoms with van der Waals surface area (Å²) < 4.78 is 42.6. The monoisotopic (exact) mass is 296 g/mol. The summed E-state index contributed by atoms with van der Waals surface area (Å²) in [7, 11) is 0. The smallest absolute Gasteiger partial charge is 0.416 e. The molecule has 0 radical (unpaired) electrons. The molecule has 0 fully saturated rings. The van der Waals surface area contributed by atoms with Crippen LogP contribution in [-0.4, -0.2) is 5.97 Å². The van der Waals surface area contributed by atoms with E-state index in [9.17, 15) is 18.0 Å². The van der Waals surface area contributed by atoms with E-state index in [1.807, 2.05) is 0 Å². The van der Waals surface area contributed by atoms with Crippen molar-refractivity contribution in [1.29, 1.82) is 0 Å². The van der Waals surface area contributed by atoms with E-state index in [-0.39, 0.29) is 22.7 Å². The van der Waals surface area contributed by atoms with Crippen molar-refractivity contribution in [3.63, 3.8) is 0 Å². The topological polar surface area (TPSA) is 78.3 Å². The minimum atomic E-state index is -4.51. The fraction of sp³-hybridized carbons (Fsp3) is 0.0714. The normalized spacial score (nSPS) is 11.2. The zero-order valence-corrected chi connectivity index (χ0v) is 10.6. The van der Waals surface area contributed by atoms with Gasteiger partial charge in [-0.1, -0.05) is 6.07 Å². The third-order valence-corrected chi connectivity index (χ3v) is 2.59. The molecule has 0 bridgehead atoms. The van der Waals surface area contributed by atoms with Gasteiger partial charge in [0.05, 0.1) is 11.1 Å². The molecule has 0 atom stereocenters. The number of rotatable bonds is 2. The van der Waals surface area contributed by atoms with Crippen molar-refractivity contribution in [2.75, 3.05) is 11.5 Å². The lowest BCUT2D eigenvalue weighted by molar-refractivity contribution is -0.137. The molecule has 0 spiro atoms. The quantitative estimate of drug-likeness (QED) is 0.507. The molecule has 2 rings (SSSR count). The minimum absolute atomic E-state index is 0.0601. The average molecular weight is 296 g/mol. The van der Waals surface area contributed by atoms with E-state index in [4.69, 9.17) is 16.2 Å². The summed E-state index contributed by atoms with van der Waals surface area (Å²) in [5.74, 6) is -1.05. The van der Waals surface area contributed by atoms with E-state index in [0.29, 0.717) is 0 Å². The Hall–Kier alpha value is -2.70. The highest BCUT2D eigenvalue weighted by molar-refractivity contribution is 5.93. The molecule has 0 aliphatic heterocycles. The van der Waals surface area contributed by atoms with Crippen LogP contribution in [0.1, 0.15) is 15.9 Å². The largest absolute Gasteiger partial charge is 0.423 e. The first-order valence-electron chi connectivity index (χ1n) is 5.81. The highest BCUT2D eigenvalue weighted by Gasteiger charge is 2.30. The van der Waals surface area contributed by atoms with Gasteiger partial charge in [-0.25, -0.2) is 4.79 Å². The molecule has 7 heteroatoms. The third-order valence-electron chi connectivity index (χ3n) is 2.59. The maximum absolute atomic E-state index is 12.6. The van der Waals surface area contributed by atoms with Crippen LogP contribution in [0.4, 0.5) is 24.5 Å². The second-order valence-corrected chi connectivity index (χ2v) is 4.30. The number of ether oxygens (including phenoxy) is 1. The standard InChI is InChI=1S/C14H11F3N2O2/c15-14(16,17)9-2-1-3-12(6-9)21-13(20)8-4-10(18)7-11(19)5-8/h1-7H,18-19H2. The molecule has 0 unspecified atom stereocenters. The molecule has 21 heavy (non-hydrogen) atoms. The second-order valence-electron chi connectivity index (χ2n) is 4.30. The summed E-state index contributed by atoms with van der Waals surface area (Å²) in [4.78, 5) is 11.9. The third kappa shape index (κ3) is 3.65. The molecule has 0 saturated heterocycles. The Morgan fingerprint density at radius 3 is 2.19 bits per heavy atom. The van der Waals surface area contributed by atoms with Gasteiger partial charge in [0.25, 0.3) is 0 Å². The van der Waals surface area contributed by atoms with Gasteiger partial charge >= 0.3 is 12.1 Å². The zero-order valence-electron chi connectivity index (χ0n) is 10.6. The van der Waals surface area contributed by atoms with E-state index in [2.05, 4.69) is 0 Å². The van der Waals surface area contributed by atoms with Crippen molar-refractivity contribution in [3.05, 3.63) is 53.6 Å². The van der Waals surface area contributed by atoms with Gasteiger partial charge in [-0.2, -0.15) is 13.2 Å². The fourth-order valence-electron chi connectivity index (χ4n) is 1.70. The number of hydrogen-bond donors (Lipinski definition) is 2. The Kier molecular flexibility index (Phi) is 3.75. The van der Waals surface area contributed by atoms with E-state index in [1.54, 1.807) is 0 Å². The van der Waals surface area contributed by atoms with Crippen LogP contribution in [0.5, 0.6) is 5.75 Å². The highest BCUT2D eigenvalue weighted by Crippen LogP contribution is 2.31. The first-order valence-corrected chi connectivity index (χ1v) is 5.81. The number of carbonyl (C=O) groups is 1. The lowest BCUT2D eigenvalue weighted by Crippen LogP contribution is -2.11. The highest BCUT2D eigenvalue weighted by atomic mass is 19.4. The number of alkyl halides is 3. The number of hydrogen-bond acceptors (Lipinski definition) is 4. The van der Waals surface area contributed by atoms with Gasteiger partial charge in [0.15, 0.2) is 0 Å². The summed E-state index contributed by atoms with van der Waals surface area (Å²) in [6, 6.07) is 8.13. The van der Waals surface area contributed by atoms with Crippen LogP contribution in [0.15, 0.2) is 42.5 Å². The number of nitrogen functional groups attached to an aromatic ring is 2. The Bertz CT molecular complexity index is 664.